The molecule has 0 atom stereocenters. The molecule has 0 unspecified atom stereocenters. The molecule has 0 aliphatic carbocycles. The number of thiophene rings is 1. The molecule has 4 aromatic rings. The van der Waals surface area contributed by atoms with Crippen molar-refractivity contribution in [2.24, 2.45) is 0 Å². The van der Waals surface area contributed by atoms with E-state index < -0.39 is 5.97 Å². The van der Waals surface area contributed by atoms with Gasteiger partial charge in [-0.3, -0.25) is 0 Å². The number of aromatic carboxylic acids is 1. The Morgan fingerprint density at radius 3 is 2.57 bits per heavy atom. The number of ether oxygens (including phenoxy) is 2. The van der Waals surface area contributed by atoms with Crippen LogP contribution in [0.3, 0.4) is 0 Å². The largest absolute Gasteiger partial charge is 0.497 e. The standard InChI is InChI=1S/C23H22N2O4S/c1-28-17-7-8-20(29-2)15(11-17)12-24-13-16-14-25(19-6-4-3-5-18(16)19)22-10-9-21(30-22)23(26)27/h3-11,14,24H,12-13H2,1-2H3,(H,26,27). The molecule has 0 aliphatic heterocycles. The Kier molecular flexibility index (Phi) is 5.74. The molecule has 0 radical (unpaired) electrons. The first-order valence-electron chi connectivity index (χ1n) is 9.45. The Morgan fingerprint density at radius 2 is 1.83 bits per heavy atom. The lowest BCUT2D eigenvalue weighted by atomic mass is 10.1. The summed E-state index contributed by atoms with van der Waals surface area (Å²) < 4.78 is 12.8. The molecule has 2 aromatic heterocycles. The highest BCUT2D eigenvalue weighted by molar-refractivity contribution is 7.16. The number of para-hydroxylation sites is 1. The fourth-order valence-electron chi connectivity index (χ4n) is 3.50. The number of carbonyl (C=O) groups is 1. The zero-order chi connectivity index (χ0) is 21.1. The van der Waals surface area contributed by atoms with Gasteiger partial charge in [0, 0.05) is 30.2 Å². The zero-order valence-electron chi connectivity index (χ0n) is 16.7. The van der Waals surface area contributed by atoms with Crippen molar-refractivity contribution < 1.29 is 19.4 Å². The van der Waals surface area contributed by atoms with E-state index in [1.165, 1.54) is 11.3 Å². The number of nitrogens with one attached hydrogen (secondary N) is 1. The van der Waals surface area contributed by atoms with Crippen LogP contribution in [0.25, 0.3) is 15.9 Å². The topological polar surface area (TPSA) is 72.7 Å². The van der Waals surface area contributed by atoms with Gasteiger partial charge in [0.1, 0.15) is 21.4 Å². The summed E-state index contributed by atoms with van der Waals surface area (Å²) in [6, 6.07) is 17.4. The molecule has 2 aromatic carbocycles. The van der Waals surface area contributed by atoms with E-state index in [9.17, 15) is 9.90 Å². The number of hydrogen-bond donors (Lipinski definition) is 2. The van der Waals surface area contributed by atoms with Gasteiger partial charge < -0.3 is 24.5 Å². The molecule has 4 rings (SSSR count). The third-order valence-corrected chi connectivity index (χ3v) is 6.03. The van der Waals surface area contributed by atoms with E-state index >= 15 is 0 Å². The fraction of sp³-hybridized carbons (Fsp3) is 0.174. The number of carboxylic acid groups (broad SMARTS) is 1. The molecule has 7 heteroatoms. The number of rotatable bonds is 8. The van der Waals surface area contributed by atoms with Gasteiger partial charge in [-0.05, 0) is 42.0 Å². The number of aromatic nitrogens is 1. The van der Waals surface area contributed by atoms with Crippen LogP contribution in [0.4, 0.5) is 0 Å². The van der Waals surface area contributed by atoms with Crippen LogP contribution >= 0.6 is 11.3 Å². The van der Waals surface area contributed by atoms with Crippen LogP contribution in [0.15, 0.2) is 60.8 Å². The van der Waals surface area contributed by atoms with Gasteiger partial charge >= 0.3 is 5.97 Å². The second-order valence-corrected chi connectivity index (χ2v) is 7.83. The monoisotopic (exact) mass is 422 g/mol. The molecule has 0 bridgehead atoms. The first-order chi connectivity index (χ1) is 14.6. The fourth-order valence-corrected chi connectivity index (χ4v) is 4.33. The van der Waals surface area contributed by atoms with Crippen molar-refractivity contribution in [2.45, 2.75) is 13.1 Å². The second-order valence-electron chi connectivity index (χ2n) is 6.77. The van der Waals surface area contributed by atoms with E-state index in [0.717, 1.165) is 38.5 Å². The molecule has 0 spiro atoms. The van der Waals surface area contributed by atoms with Crippen LogP contribution in [-0.2, 0) is 13.1 Å². The van der Waals surface area contributed by atoms with Crippen LogP contribution in [0, 0.1) is 0 Å². The smallest absolute Gasteiger partial charge is 0.345 e. The van der Waals surface area contributed by atoms with Gasteiger partial charge in [-0.25, -0.2) is 4.79 Å². The average Bonchev–Trinajstić information content (AvgIpc) is 3.39. The highest BCUT2D eigenvalue weighted by Crippen LogP contribution is 2.29. The van der Waals surface area contributed by atoms with Crippen molar-refractivity contribution in [3.05, 3.63) is 76.8 Å². The maximum Gasteiger partial charge on any atom is 0.345 e. The van der Waals surface area contributed by atoms with Crippen molar-refractivity contribution in [1.82, 2.24) is 9.88 Å². The summed E-state index contributed by atoms with van der Waals surface area (Å²) in [6.07, 6.45) is 2.07. The highest BCUT2D eigenvalue weighted by atomic mass is 32.1. The van der Waals surface area contributed by atoms with E-state index in [4.69, 9.17) is 9.47 Å². The normalized spacial score (nSPS) is 11.0. The molecule has 2 heterocycles. The quantitative estimate of drug-likeness (QED) is 0.431. The molecular weight excluding hydrogens is 400 g/mol. The Hall–Kier alpha value is -3.29. The van der Waals surface area contributed by atoms with Crippen LogP contribution in [-0.4, -0.2) is 29.9 Å². The van der Waals surface area contributed by atoms with Crippen LogP contribution in [0.1, 0.15) is 20.8 Å². The van der Waals surface area contributed by atoms with Gasteiger partial charge in [0.15, 0.2) is 0 Å². The average molecular weight is 423 g/mol. The highest BCUT2D eigenvalue weighted by Gasteiger charge is 2.13. The van der Waals surface area contributed by atoms with Gasteiger partial charge in [-0.15, -0.1) is 11.3 Å². The van der Waals surface area contributed by atoms with Crippen LogP contribution < -0.4 is 14.8 Å². The van der Waals surface area contributed by atoms with Crippen molar-refractivity contribution in [2.75, 3.05) is 14.2 Å². The molecule has 6 nitrogen and oxygen atoms in total. The number of benzene rings is 2. The number of carboxylic acids is 1. The number of hydrogen-bond acceptors (Lipinski definition) is 5. The van der Waals surface area contributed by atoms with E-state index in [1.54, 1.807) is 20.3 Å². The van der Waals surface area contributed by atoms with E-state index in [-0.39, 0.29) is 0 Å². The van der Waals surface area contributed by atoms with Crippen LogP contribution in [0.2, 0.25) is 0 Å². The molecule has 0 saturated heterocycles. The molecule has 0 fully saturated rings. The van der Waals surface area contributed by atoms with Gasteiger partial charge in [0.25, 0.3) is 0 Å². The lowest BCUT2D eigenvalue weighted by Crippen LogP contribution is -2.13. The van der Waals surface area contributed by atoms with Gasteiger partial charge in [-0.2, -0.15) is 0 Å². The maximum atomic E-state index is 11.3. The minimum Gasteiger partial charge on any atom is -0.497 e. The summed E-state index contributed by atoms with van der Waals surface area (Å²) >= 11 is 1.26. The van der Waals surface area contributed by atoms with Gasteiger partial charge in [-0.1, -0.05) is 18.2 Å². The van der Waals surface area contributed by atoms with Crippen LogP contribution in [0.5, 0.6) is 11.5 Å². The Balaban J connectivity index is 1.59. The van der Waals surface area contributed by atoms with E-state index in [0.29, 0.717) is 18.0 Å². The Labute approximate surface area is 178 Å². The summed E-state index contributed by atoms with van der Waals surface area (Å²) in [5.74, 6) is 0.693. The van der Waals surface area contributed by atoms with Crippen molar-refractivity contribution in [3.8, 4) is 16.5 Å². The third-order valence-electron chi connectivity index (χ3n) is 4.95. The second kappa shape index (κ2) is 8.61. The minimum atomic E-state index is -0.906. The van der Waals surface area contributed by atoms with Gasteiger partial charge in [0.2, 0.25) is 0 Å². The number of methoxy groups -OCH3 is 2. The minimum absolute atomic E-state index is 0.326. The van der Waals surface area contributed by atoms with Crippen molar-refractivity contribution in [1.29, 1.82) is 0 Å². The first-order valence-corrected chi connectivity index (χ1v) is 10.3. The molecule has 0 amide bonds. The summed E-state index contributed by atoms with van der Waals surface area (Å²) in [5.41, 5.74) is 3.20. The third kappa shape index (κ3) is 3.90. The molecule has 154 valence electrons. The molecule has 30 heavy (non-hydrogen) atoms. The summed E-state index contributed by atoms with van der Waals surface area (Å²) in [7, 11) is 3.31. The zero-order valence-corrected chi connectivity index (χ0v) is 17.5. The summed E-state index contributed by atoms with van der Waals surface area (Å²) in [6.45, 7) is 1.28. The number of fused-ring (bicyclic) bond motifs is 1. The van der Waals surface area contributed by atoms with E-state index in [1.807, 2.05) is 42.5 Å². The first kappa shape index (κ1) is 20.0. The molecule has 0 saturated carbocycles. The summed E-state index contributed by atoms with van der Waals surface area (Å²) in [5, 5.41) is 14.7. The van der Waals surface area contributed by atoms with Crippen molar-refractivity contribution >= 4 is 28.2 Å². The molecule has 0 aliphatic rings. The number of nitrogens with zero attached hydrogens (tertiary/aromatic N) is 1. The van der Waals surface area contributed by atoms with Gasteiger partial charge in [0.05, 0.1) is 19.7 Å². The Bertz CT molecular complexity index is 1200. The SMILES string of the molecule is COc1ccc(OC)c(CNCc2cn(-c3ccc(C(=O)O)s3)c3ccccc23)c1. The molecular formula is C23H22N2O4S. The van der Waals surface area contributed by atoms with Crippen molar-refractivity contribution in [3.63, 3.8) is 0 Å². The van der Waals surface area contributed by atoms with E-state index in [2.05, 4.69) is 22.1 Å². The lowest BCUT2D eigenvalue weighted by molar-refractivity contribution is 0.0702. The Morgan fingerprint density at radius 1 is 1.03 bits per heavy atom. The predicted octanol–water partition coefficient (Wildman–Crippen LogP) is 4.70. The summed E-state index contributed by atoms with van der Waals surface area (Å²) in [4.78, 5) is 11.6. The molecule has 2 N–H and O–H groups in total. The predicted molar refractivity (Wildman–Crippen MR) is 118 cm³/mol. The maximum absolute atomic E-state index is 11.3. The lowest BCUT2D eigenvalue weighted by Gasteiger charge is -2.11.